The molecule has 5 nitrogen and oxygen atoms in total. The van der Waals surface area contributed by atoms with Gasteiger partial charge in [0.05, 0.1) is 6.61 Å². The molecule has 0 atom stereocenters. The molecule has 1 aromatic rings. The van der Waals surface area contributed by atoms with Gasteiger partial charge in [-0.1, -0.05) is 24.3 Å². The van der Waals surface area contributed by atoms with Crippen molar-refractivity contribution in [2.45, 2.75) is 33.2 Å². The topological polar surface area (TPSA) is 58.6 Å². The van der Waals surface area contributed by atoms with E-state index in [1.807, 2.05) is 31.2 Å². The summed E-state index contributed by atoms with van der Waals surface area (Å²) < 4.78 is 4.98. The number of carbonyl (C=O) groups excluding carboxylic acids is 2. The van der Waals surface area contributed by atoms with Gasteiger partial charge in [0.25, 0.3) is 0 Å². The standard InChI is InChI=1S/C17H24N2O3/c1-3-22-17(21)19-10-8-14(9-11-19)16(20)18-12-15-7-5-4-6-13(15)2/h4-7,14H,3,8-12H2,1-2H3,(H,18,20). The number of rotatable bonds is 4. The summed E-state index contributed by atoms with van der Waals surface area (Å²) in [4.78, 5) is 25.5. The highest BCUT2D eigenvalue weighted by molar-refractivity contribution is 5.79. The molecule has 2 rings (SSSR count). The molecule has 0 aromatic heterocycles. The van der Waals surface area contributed by atoms with Crippen molar-refractivity contribution in [3.8, 4) is 0 Å². The van der Waals surface area contributed by atoms with Crippen LogP contribution in [0.25, 0.3) is 0 Å². The highest BCUT2D eigenvalue weighted by atomic mass is 16.6. The van der Waals surface area contributed by atoms with Gasteiger partial charge in [-0.25, -0.2) is 4.79 Å². The molecule has 0 saturated carbocycles. The van der Waals surface area contributed by atoms with Crippen LogP contribution in [0.5, 0.6) is 0 Å². The predicted molar refractivity (Wildman–Crippen MR) is 84.3 cm³/mol. The van der Waals surface area contributed by atoms with Crippen molar-refractivity contribution in [3.63, 3.8) is 0 Å². The first-order chi connectivity index (χ1) is 10.6. The normalized spacial score (nSPS) is 15.5. The molecule has 0 aliphatic carbocycles. The molecule has 1 saturated heterocycles. The molecule has 1 aliphatic rings. The van der Waals surface area contributed by atoms with Crippen LogP contribution in [0.2, 0.25) is 0 Å². The fraction of sp³-hybridized carbons (Fsp3) is 0.529. The summed E-state index contributed by atoms with van der Waals surface area (Å²) in [6.07, 6.45) is 1.11. The van der Waals surface area contributed by atoms with Crippen LogP contribution in [-0.2, 0) is 16.1 Å². The van der Waals surface area contributed by atoms with Gasteiger partial charge in [0, 0.05) is 25.6 Å². The van der Waals surface area contributed by atoms with Crippen molar-refractivity contribution in [1.29, 1.82) is 0 Å². The number of benzene rings is 1. The van der Waals surface area contributed by atoms with E-state index in [2.05, 4.69) is 5.32 Å². The minimum absolute atomic E-state index is 0.0188. The smallest absolute Gasteiger partial charge is 0.409 e. The first-order valence-electron chi connectivity index (χ1n) is 7.85. The van der Waals surface area contributed by atoms with Gasteiger partial charge in [0.15, 0.2) is 0 Å². The van der Waals surface area contributed by atoms with E-state index in [4.69, 9.17) is 4.74 Å². The molecule has 1 aliphatic heterocycles. The number of aryl methyl sites for hydroxylation is 1. The van der Waals surface area contributed by atoms with Crippen LogP contribution in [0.1, 0.15) is 30.9 Å². The Morgan fingerprint density at radius 3 is 2.59 bits per heavy atom. The van der Waals surface area contributed by atoms with Crippen LogP contribution in [0.4, 0.5) is 4.79 Å². The number of nitrogens with one attached hydrogen (secondary N) is 1. The average Bonchev–Trinajstić information content (AvgIpc) is 2.54. The van der Waals surface area contributed by atoms with Crippen molar-refractivity contribution in [3.05, 3.63) is 35.4 Å². The van der Waals surface area contributed by atoms with Crippen molar-refractivity contribution in [1.82, 2.24) is 10.2 Å². The Bertz CT molecular complexity index is 522. The van der Waals surface area contributed by atoms with E-state index in [1.165, 1.54) is 5.56 Å². The molecular formula is C17H24N2O3. The van der Waals surface area contributed by atoms with E-state index >= 15 is 0 Å². The number of hydrogen-bond donors (Lipinski definition) is 1. The van der Waals surface area contributed by atoms with Gasteiger partial charge in [-0.05, 0) is 37.8 Å². The van der Waals surface area contributed by atoms with Crippen LogP contribution < -0.4 is 5.32 Å². The summed E-state index contributed by atoms with van der Waals surface area (Å²) in [6.45, 7) is 5.95. The molecule has 0 radical (unpaired) electrons. The Morgan fingerprint density at radius 2 is 1.95 bits per heavy atom. The third-order valence-corrected chi connectivity index (χ3v) is 4.11. The first-order valence-corrected chi connectivity index (χ1v) is 7.85. The van der Waals surface area contributed by atoms with Gasteiger partial charge >= 0.3 is 6.09 Å². The molecule has 1 heterocycles. The van der Waals surface area contributed by atoms with Gasteiger partial charge in [-0.15, -0.1) is 0 Å². The number of carbonyl (C=O) groups is 2. The lowest BCUT2D eigenvalue weighted by atomic mass is 9.96. The zero-order valence-electron chi connectivity index (χ0n) is 13.3. The zero-order chi connectivity index (χ0) is 15.9. The molecule has 1 fully saturated rings. The van der Waals surface area contributed by atoms with E-state index < -0.39 is 0 Å². The van der Waals surface area contributed by atoms with Crippen LogP contribution in [0.15, 0.2) is 24.3 Å². The lowest BCUT2D eigenvalue weighted by Crippen LogP contribution is -2.43. The van der Waals surface area contributed by atoms with E-state index in [0.29, 0.717) is 39.1 Å². The van der Waals surface area contributed by atoms with Gasteiger partial charge < -0.3 is 15.0 Å². The maximum absolute atomic E-state index is 12.2. The summed E-state index contributed by atoms with van der Waals surface area (Å²) >= 11 is 0. The molecule has 0 unspecified atom stereocenters. The number of piperidine rings is 1. The Morgan fingerprint density at radius 1 is 1.27 bits per heavy atom. The lowest BCUT2D eigenvalue weighted by Gasteiger charge is -2.30. The highest BCUT2D eigenvalue weighted by Gasteiger charge is 2.27. The summed E-state index contributed by atoms with van der Waals surface area (Å²) in [7, 11) is 0. The molecule has 1 N–H and O–H groups in total. The molecule has 22 heavy (non-hydrogen) atoms. The number of likely N-dealkylation sites (tertiary alicyclic amines) is 1. The van der Waals surface area contributed by atoms with Gasteiger partial charge in [-0.3, -0.25) is 4.79 Å². The van der Waals surface area contributed by atoms with E-state index in [9.17, 15) is 9.59 Å². The highest BCUT2D eigenvalue weighted by Crippen LogP contribution is 2.18. The third kappa shape index (κ3) is 4.23. The first kappa shape index (κ1) is 16.3. The monoisotopic (exact) mass is 304 g/mol. The van der Waals surface area contributed by atoms with Gasteiger partial charge in [0.1, 0.15) is 0 Å². The number of amides is 2. The summed E-state index contributed by atoms with van der Waals surface area (Å²) in [5.74, 6) is 0.0569. The van der Waals surface area contributed by atoms with Crippen LogP contribution >= 0.6 is 0 Å². The fourth-order valence-corrected chi connectivity index (χ4v) is 2.67. The third-order valence-electron chi connectivity index (χ3n) is 4.11. The summed E-state index contributed by atoms with van der Waals surface area (Å²) in [5, 5.41) is 3.01. The minimum Gasteiger partial charge on any atom is -0.450 e. The maximum atomic E-state index is 12.2. The van der Waals surface area contributed by atoms with Crippen molar-refractivity contribution >= 4 is 12.0 Å². The van der Waals surface area contributed by atoms with E-state index in [0.717, 1.165) is 5.56 Å². The van der Waals surface area contributed by atoms with Crippen LogP contribution in [-0.4, -0.2) is 36.6 Å². The van der Waals surface area contributed by atoms with E-state index in [1.54, 1.807) is 11.8 Å². The molecule has 5 heteroatoms. The van der Waals surface area contributed by atoms with Gasteiger partial charge in [0.2, 0.25) is 5.91 Å². The fourth-order valence-electron chi connectivity index (χ4n) is 2.67. The Labute approximate surface area is 131 Å². The molecule has 1 aromatic carbocycles. The Balaban J connectivity index is 1.78. The second-order valence-corrected chi connectivity index (χ2v) is 5.60. The molecule has 0 bridgehead atoms. The second kappa shape index (κ2) is 7.82. The summed E-state index contributed by atoms with van der Waals surface area (Å²) in [6, 6.07) is 8.04. The Kier molecular flexibility index (Phi) is 5.81. The van der Waals surface area contributed by atoms with E-state index in [-0.39, 0.29) is 17.9 Å². The number of nitrogens with zero attached hydrogens (tertiary/aromatic N) is 1. The molecule has 120 valence electrons. The lowest BCUT2D eigenvalue weighted by molar-refractivity contribution is -0.126. The van der Waals surface area contributed by atoms with Crippen LogP contribution in [0, 0.1) is 12.8 Å². The van der Waals surface area contributed by atoms with Crippen LogP contribution in [0.3, 0.4) is 0 Å². The molecule has 2 amide bonds. The van der Waals surface area contributed by atoms with Crippen molar-refractivity contribution in [2.75, 3.05) is 19.7 Å². The quantitative estimate of drug-likeness (QED) is 0.929. The van der Waals surface area contributed by atoms with Gasteiger partial charge in [-0.2, -0.15) is 0 Å². The second-order valence-electron chi connectivity index (χ2n) is 5.60. The predicted octanol–water partition coefficient (Wildman–Crippen LogP) is 2.48. The Hall–Kier alpha value is -2.04. The average molecular weight is 304 g/mol. The maximum Gasteiger partial charge on any atom is 0.409 e. The SMILES string of the molecule is CCOC(=O)N1CCC(C(=O)NCc2ccccc2C)CC1. The van der Waals surface area contributed by atoms with Crippen molar-refractivity contribution in [2.24, 2.45) is 5.92 Å². The minimum atomic E-state index is -0.277. The number of ether oxygens (including phenoxy) is 1. The number of hydrogen-bond acceptors (Lipinski definition) is 3. The molecular weight excluding hydrogens is 280 g/mol. The molecule has 0 spiro atoms. The summed E-state index contributed by atoms with van der Waals surface area (Å²) in [5.41, 5.74) is 2.32. The van der Waals surface area contributed by atoms with Crippen molar-refractivity contribution < 1.29 is 14.3 Å². The largest absolute Gasteiger partial charge is 0.450 e. The zero-order valence-corrected chi connectivity index (χ0v) is 13.3.